The maximum absolute atomic E-state index is 5.50. The molecule has 0 bridgehead atoms. The van der Waals surface area contributed by atoms with Crippen LogP contribution in [0.2, 0.25) is 0 Å². The molecule has 3 fully saturated rings. The Hall–Kier alpha value is -0.740. The number of nitrogens with one attached hydrogen (secondary N) is 1. The average molecular weight is 424 g/mol. The average Bonchev–Trinajstić information content (AvgIpc) is 3.09. The summed E-state index contributed by atoms with van der Waals surface area (Å²) in [5, 5.41) is 3.60. The van der Waals surface area contributed by atoms with Crippen LogP contribution in [-0.2, 0) is 0 Å². The van der Waals surface area contributed by atoms with Gasteiger partial charge >= 0.3 is 0 Å². The van der Waals surface area contributed by atoms with Crippen LogP contribution in [0.25, 0.3) is 0 Å². The molecule has 4 unspecified atom stereocenters. The van der Waals surface area contributed by atoms with Crippen LogP contribution in [0.4, 0.5) is 0 Å². The molecule has 0 aromatic heterocycles. The molecule has 4 aliphatic rings. The zero-order chi connectivity index (χ0) is 22.2. The lowest BCUT2D eigenvalue weighted by Crippen LogP contribution is -2.51. The lowest BCUT2D eigenvalue weighted by atomic mass is 9.47. The third kappa shape index (κ3) is 4.28. The van der Waals surface area contributed by atoms with Gasteiger partial charge in [-0.1, -0.05) is 71.5 Å². The van der Waals surface area contributed by atoms with E-state index >= 15 is 0 Å². The van der Waals surface area contributed by atoms with Crippen molar-refractivity contribution in [1.29, 1.82) is 0 Å². The molecule has 1 heteroatoms. The summed E-state index contributed by atoms with van der Waals surface area (Å²) < 4.78 is 0. The number of allylic oxidation sites excluding steroid dienone is 1. The van der Waals surface area contributed by atoms with Gasteiger partial charge < -0.3 is 5.32 Å². The summed E-state index contributed by atoms with van der Waals surface area (Å²) in [6, 6.07) is 0.600. The molecule has 0 heterocycles. The zero-order valence-electron chi connectivity index (χ0n) is 21.2. The normalized spacial score (nSPS) is 42.9. The monoisotopic (exact) mass is 423 g/mol. The van der Waals surface area contributed by atoms with E-state index in [1.165, 1.54) is 70.6 Å². The van der Waals surface area contributed by atoms with Crippen molar-refractivity contribution in [2.75, 3.05) is 6.54 Å². The van der Waals surface area contributed by atoms with Crippen LogP contribution < -0.4 is 5.32 Å². The van der Waals surface area contributed by atoms with Gasteiger partial charge in [-0.05, 0) is 97.7 Å². The number of terminal acetylenes is 1. The van der Waals surface area contributed by atoms with E-state index in [1.54, 1.807) is 5.57 Å². The topological polar surface area (TPSA) is 12.0 Å². The van der Waals surface area contributed by atoms with E-state index in [-0.39, 0.29) is 0 Å². The first kappa shape index (κ1) is 23.4. The summed E-state index contributed by atoms with van der Waals surface area (Å²) in [6.45, 7) is 13.4. The molecular weight excluding hydrogens is 374 g/mol. The van der Waals surface area contributed by atoms with Gasteiger partial charge in [0.1, 0.15) is 0 Å². The summed E-state index contributed by atoms with van der Waals surface area (Å²) in [7, 11) is 0. The molecule has 0 amide bonds. The molecule has 0 aromatic carbocycles. The molecule has 0 spiro atoms. The number of hydrogen-bond donors (Lipinski definition) is 1. The quantitative estimate of drug-likeness (QED) is 0.328. The minimum atomic E-state index is 0.458. The van der Waals surface area contributed by atoms with Crippen LogP contribution in [0.5, 0.6) is 0 Å². The van der Waals surface area contributed by atoms with Gasteiger partial charge in [0.25, 0.3) is 0 Å². The highest BCUT2D eigenvalue weighted by Gasteiger charge is 2.59. The Morgan fingerprint density at radius 2 is 1.87 bits per heavy atom. The molecule has 0 saturated heterocycles. The van der Waals surface area contributed by atoms with E-state index in [1.807, 2.05) is 0 Å². The highest BCUT2D eigenvalue weighted by Crippen LogP contribution is 2.67. The highest BCUT2D eigenvalue weighted by molar-refractivity contribution is 5.26. The third-order valence-electron chi connectivity index (χ3n) is 10.8. The summed E-state index contributed by atoms with van der Waals surface area (Å²) in [6.07, 6.45) is 23.7. The molecule has 0 aromatic rings. The molecule has 3 saturated carbocycles. The Kier molecular flexibility index (Phi) is 6.99. The van der Waals surface area contributed by atoms with Crippen LogP contribution in [-0.4, -0.2) is 12.6 Å². The standard InChI is InChI=1S/C30H49N/c1-7-19-31-24-15-17-29(5)23(20-24)11-12-25-27-14-13-26(22(4)10-8-9-21(2)3)30(27,6)18-16-28(25)29/h1,11,21-22,24-28,31H,8-10,12-20H2,2-6H3/t22-,24?,25?,26-,27?,28?,29+,30-/m1/s1. The first-order valence-electron chi connectivity index (χ1n) is 13.7. The van der Waals surface area contributed by atoms with Crippen LogP contribution >= 0.6 is 0 Å². The van der Waals surface area contributed by atoms with Crippen molar-refractivity contribution in [3.05, 3.63) is 11.6 Å². The van der Waals surface area contributed by atoms with Gasteiger partial charge in [-0.15, -0.1) is 6.42 Å². The predicted octanol–water partition coefficient (Wildman–Crippen LogP) is 7.62. The van der Waals surface area contributed by atoms with Gasteiger partial charge in [0.15, 0.2) is 0 Å². The largest absolute Gasteiger partial charge is 0.303 e. The van der Waals surface area contributed by atoms with E-state index in [2.05, 4.69) is 51.9 Å². The van der Waals surface area contributed by atoms with E-state index in [0.29, 0.717) is 16.9 Å². The maximum Gasteiger partial charge on any atom is 0.0576 e. The number of rotatable bonds is 7. The first-order chi connectivity index (χ1) is 14.8. The number of hydrogen-bond acceptors (Lipinski definition) is 1. The third-order valence-corrected chi connectivity index (χ3v) is 10.8. The fraction of sp³-hybridized carbons (Fsp3) is 0.867. The van der Waals surface area contributed by atoms with Crippen molar-refractivity contribution < 1.29 is 0 Å². The fourth-order valence-corrected chi connectivity index (χ4v) is 9.06. The van der Waals surface area contributed by atoms with Crippen molar-refractivity contribution in [1.82, 2.24) is 5.32 Å². The lowest BCUT2D eigenvalue weighted by molar-refractivity contribution is -0.0514. The zero-order valence-corrected chi connectivity index (χ0v) is 21.2. The Morgan fingerprint density at radius 1 is 1.06 bits per heavy atom. The van der Waals surface area contributed by atoms with E-state index in [9.17, 15) is 0 Å². The molecule has 1 nitrogen and oxygen atoms in total. The van der Waals surface area contributed by atoms with E-state index < -0.39 is 0 Å². The summed E-state index contributed by atoms with van der Waals surface area (Å²) in [5.74, 6) is 8.34. The van der Waals surface area contributed by atoms with Gasteiger partial charge in [-0.2, -0.15) is 0 Å². The molecule has 174 valence electrons. The molecule has 0 aliphatic heterocycles. The Labute approximate surface area is 193 Å². The van der Waals surface area contributed by atoms with Gasteiger partial charge in [-0.25, -0.2) is 0 Å². The molecule has 4 rings (SSSR count). The second kappa shape index (κ2) is 9.25. The summed E-state index contributed by atoms with van der Waals surface area (Å²) >= 11 is 0. The lowest BCUT2D eigenvalue weighted by Gasteiger charge is -2.58. The Morgan fingerprint density at radius 3 is 2.61 bits per heavy atom. The van der Waals surface area contributed by atoms with E-state index in [0.717, 1.165) is 42.1 Å². The molecule has 0 radical (unpaired) electrons. The fourth-order valence-electron chi connectivity index (χ4n) is 9.06. The summed E-state index contributed by atoms with van der Waals surface area (Å²) in [4.78, 5) is 0. The van der Waals surface area contributed by atoms with Gasteiger partial charge in [-0.3, -0.25) is 0 Å². The van der Waals surface area contributed by atoms with Crippen molar-refractivity contribution in [3.8, 4) is 12.3 Å². The second-order valence-corrected chi connectivity index (χ2v) is 12.8. The molecule has 4 aliphatic carbocycles. The van der Waals surface area contributed by atoms with Crippen molar-refractivity contribution in [2.24, 2.45) is 46.3 Å². The minimum Gasteiger partial charge on any atom is -0.303 e. The van der Waals surface area contributed by atoms with Gasteiger partial charge in [0.05, 0.1) is 6.54 Å². The maximum atomic E-state index is 5.50. The minimum absolute atomic E-state index is 0.458. The van der Waals surface area contributed by atoms with Crippen molar-refractivity contribution in [3.63, 3.8) is 0 Å². The van der Waals surface area contributed by atoms with Gasteiger partial charge in [0.2, 0.25) is 0 Å². The van der Waals surface area contributed by atoms with Crippen molar-refractivity contribution >= 4 is 0 Å². The molecule has 8 atom stereocenters. The Bertz CT molecular complexity index is 698. The second-order valence-electron chi connectivity index (χ2n) is 12.8. The van der Waals surface area contributed by atoms with Crippen LogP contribution in [0, 0.1) is 58.7 Å². The smallest absolute Gasteiger partial charge is 0.0576 e. The molecule has 1 N–H and O–H groups in total. The first-order valence-corrected chi connectivity index (χ1v) is 13.7. The molecule has 31 heavy (non-hydrogen) atoms. The van der Waals surface area contributed by atoms with Crippen LogP contribution in [0.3, 0.4) is 0 Å². The highest BCUT2D eigenvalue weighted by atomic mass is 14.9. The molecular formula is C30H49N. The van der Waals surface area contributed by atoms with Crippen LogP contribution in [0.15, 0.2) is 11.6 Å². The SMILES string of the molecule is C#CCNC1CC[C@@]2(C)C(=CCC3C2CC[C@@]2(C)C3CC[C@@H]2[C@H](C)CCCC(C)C)C1. The van der Waals surface area contributed by atoms with Gasteiger partial charge in [0, 0.05) is 6.04 Å². The predicted molar refractivity (Wildman–Crippen MR) is 134 cm³/mol. The van der Waals surface area contributed by atoms with Crippen molar-refractivity contribution in [2.45, 2.75) is 111 Å². The summed E-state index contributed by atoms with van der Waals surface area (Å²) in [5.41, 5.74) is 2.83. The van der Waals surface area contributed by atoms with Crippen LogP contribution in [0.1, 0.15) is 105 Å². The van der Waals surface area contributed by atoms with E-state index in [4.69, 9.17) is 6.42 Å². The number of fused-ring (bicyclic) bond motifs is 5. The Balaban J connectivity index is 1.46.